The molecule has 0 bridgehead atoms. The van der Waals surface area contributed by atoms with E-state index in [1.54, 1.807) is 17.0 Å². The maximum atomic E-state index is 13.9. The van der Waals surface area contributed by atoms with Crippen LogP contribution in [0.2, 0.25) is 16.6 Å². The molecule has 0 saturated carbocycles. The van der Waals surface area contributed by atoms with Crippen molar-refractivity contribution in [2.24, 2.45) is 0 Å². The Hall–Kier alpha value is -3.26. The van der Waals surface area contributed by atoms with Gasteiger partial charge in [0.05, 0.1) is 12.0 Å². The van der Waals surface area contributed by atoms with Crippen LogP contribution in [0, 0.1) is 5.82 Å². The minimum absolute atomic E-state index is 0.0216. The maximum absolute atomic E-state index is 13.9. The molecule has 6 nitrogen and oxygen atoms in total. The van der Waals surface area contributed by atoms with Crippen molar-refractivity contribution in [2.45, 2.75) is 117 Å². The summed E-state index contributed by atoms with van der Waals surface area (Å²) in [5.41, 5.74) is 5.71. The fraction of sp³-hybridized carbons (Fsp3) is 0.528. The van der Waals surface area contributed by atoms with E-state index >= 15 is 0 Å². The highest BCUT2D eigenvalue weighted by Crippen LogP contribution is 2.48. The van der Waals surface area contributed by atoms with Crippen LogP contribution in [0.4, 0.5) is 4.39 Å². The quantitative estimate of drug-likeness (QED) is 0.203. The number of hydrogen-bond donors (Lipinski definition) is 0. The van der Waals surface area contributed by atoms with Crippen molar-refractivity contribution in [3.63, 3.8) is 0 Å². The number of aromatic nitrogens is 1. The first kappa shape index (κ1) is 33.6. The molecule has 0 fully saturated rings. The van der Waals surface area contributed by atoms with Crippen LogP contribution < -0.4 is 4.43 Å². The number of halogens is 1. The van der Waals surface area contributed by atoms with Crippen molar-refractivity contribution in [1.29, 1.82) is 0 Å². The summed E-state index contributed by atoms with van der Waals surface area (Å²) in [6.45, 7) is 21.9. The maximum Gasteiger partial charge on any atom is 0.258 e. The van der Waals surface area contributed by atoms with E-state index in [4.69, 9.17) is 9.41 Å². The van der Waals surface area contributed by atoms with Crippen LogP contribution in [-0.2, 0) is 24.2 Å². The molecule has 0 N–H and O–H groups in total. The van der Waals surface area contributed by atoms with Crippen LogP contribution >= 0.6 is 0 Å². The van der Waals surface area contributed by atoms with Gasteiger partial charge in [-0.2, -0.15) is 0 Å². The minimum atomic E-state index is -2.48. The van der Waals surface area contributed by atoms with Crippen molar-refractivity contribution in [3.8, 4) is 5.75 Å². The number of benzene rings is 2. The van der Waals surface area contributed by atoms with Crippen molar-refractivity contribution in [1.82, 2.24) is 14.8 Å². The summed E-state index contributed by atoms with van der Waals surface area (Å²) in [7, 11) is -0.671. The van der Waals surface area contributed by atoms with E-state index in [-0.39, 0.29) is 36.1 Å². The number of amides is 2. The fourth-order valence-corrected chi connectivity index (χ4v) is 12.8. The second kappa shape index (κ2) is 13.0. The van der Waals surface area contributed by atoms with Gasteiger partial charge in [0.25, 0.3) is 14.2 Å². The van der Waals surface area contributed by atoms with Crippen LogP contribution in [-0.4, -0.2) is 54.0 Å². The Morgan fingerprint density at radius 2 is 1.52 bits per heavy atom. The number of rotatable bonds is 11. The second-order valence-electron chi connectivity index (χ2n) is 14.0. The number of nitrogens with zero attached hydrogens (tertiary/aromatic N) is 3. The number of carbonyl (C=O) groups excluding carboxylic acids is 2. The third kappa shape index (κ3) is 6.15. The third-order valence-corrected chi connectivity index (χ3v) is 15.3. The van der Waals surface area contributed by atoms with Gasteiger partial charge in [-0.05, 0) is 91.2 Å². The lowest BCUT2D eigenvalue weighted by Gasteiger charge is -2.42. The lowest BCUT2D eigenvalue weighted by Crippen LogP contribution is -2.51. The number of hydrogen-bond acceptors (Lipinski definition) is 4. The average molecular weight is 620 g/mol. The standard InChI is InChI=1S/C36H50FN3O3Si/c1-21(2)40(22(3)4)32(41)18-29-30-17-27(16-26-12-14-28(37)15-13-26)19-38-34(30)35(33-31(29)20-39(11)36(33)42)43-44(23(5)6,24(7)8)25(9)10/h12-15,17,19,21-25H,16,18,20H2,1-11H3. The molecule has 44 heavy (non-hydrogen) atoms. The van der Waals surface area contributed by atoms with E-state index in [2.05, 4.69) is 47.6 Å². The normalized spacial score (nSPS) is 13.8. The summed E-state index contributed by atoms with van der Waals surface area (Å²) in [6.07, 6.45) is 2.56. The Balaban J connectivity index is 2.02. The van der Waals surface area contributed by atoms with Crippen LogP contribution in [0.15, 0.2) is 36.5 Å². The molecule has 238 valence electrons. The first-order chi connectivity index (χ1) is 20.6. The molecule has 0 saturated heterocycles. The van der Waals surface area contributed by atoms with Crippen molar-refractivity contribution >= 4 is 31.0 Å². The van der Waals surface area contributed by atoms with Gasteiger partial charge in [-0.3, -0.25) is 14.6 Å². The predicted molar refractivity (Wildman–Crippen MR) is 179 cm³/mol. The summed E-state index contributed by atoms with van der Waals surface area (Å²) in [5, 5.41) is 0.849. The molecule has 8 heteroatoms. The van der Waals surface area contributed by atoms with E-state index in [1.165, 1.54) is 12.1 Å². The smallest absolute Gasteiger partial charge is 0.258 e. The molecule has 1 aliphatic rings. The summed E-state index contributed by atoms with van der Waals surface area (Å²) in [5.74, 6) is 0.228. The van der Waals surface area contributed by atoms with Crippen molar-refractivity contribution < 1.29 is 18.4 Å². The molecule has 0 radical (unpaired) electrons. The molecule has 2 amide bonds. The van der Waals surface area contributed by atoms with Gasteiger partial charge in [0.1, 0.15) is 17.1 Å². The number of pyridine rings is 1. The molecule has 3 aromatic rings. The molecular weight excluding hydrogens is 569 g/mol. The van der Waals surface area contributed by atoms with Gasteiger partial charge >= 0.3 is 0 Å². The largest absolute Gasteiger partial charge is 0.541 e. The Kier molecular flexibility index (Phi) is 9.93. The van der Waals surface area contributed by atoms with Crippen molar-refractivity contribution in [2.75, 3.05) is 7.05 Å². The predicted octanol–water partition coefficient (Wildman–Crippen LogP) is 8.29. The lowest BCUT2D eigenvalue weighted by atomic mass is 9.92. The van der Waals surface area contributed by atoms with Gasteiger partial charge in [-0.25, -0.2) is 4.39 Å². The van der Waals surface area contributed by atoms with Crippen LogP contribution in [0.25, 0.3) is 10.9 Å². The lowest BCUT2D eigenvalue weighted by molar-refractivity contribution is -0.134. The topological polar surface area (TPSA) is 62.7 Å². The Morgan fingerprint density at radius 3 is 2.05 bits per heavy atom. The van der Waals surface area contributed by atoms with Crippen LogP contribution in [0.1, 0.15) is 102 Å². The van der Waals surface area contributed by atoms with Gasteiger partial charge in [0, 0.05) is 37.3 Å². The van der Waals surface area contributed by atoms with E-state index in [0.29, 0.717) is 46.4 Å². The molecule has 2 heterocycles. The Bertz CT molecular complexity index is 1500. The summed E-state index contributed by atoms with van der Waals surface area (Å²) >= 11 is 0. The Morgan fingerprint density at radius 1 is 0.955 bits per heavy atom. The molecular formula is C36H50FN3O3Si. The van der Waals surface area contributed by atoms with Gasteiger partial charge in [0.2, 0.25) is 5.91 Å². The molecule has 0 unspecified atom stereocenters. The summed E-state index contributed by atoms with van der Waals surface area (Å²) in [6, 6.07) is 8.68. The third-order valence-electron chi connectivity index (χ3n) is 9.37. The average Bonchev–Trinajstić information content (AvgIpc) is 3.22. The molecule has 4 rings (SSSR count). The minimum Gasteiger partial charge on any atom is -0.541 e. The first-order valence-corrected chi connectivity index (χ1v) is 18.2. The van der Waals surface area contributed by atoms with Gasteiger partial charge < -0.3 is 14.2 Å². The summed E-state index contributed by atoms with van der Waals surface area (Å²) in [4.78, 5) is 36.5. The van der Waals surface area contributed by atoms with E-state index in [9.17, 15) is 14.0 Å². The van der Waals surface area contributed by atoms with E-state index in [1.807, 2.05) is 45.8 Å². The van der Waals surface area contributed by atoms with Gasteiger partial charge in [0.15, 0.2) is 0 Å². The molecule has 0 atom stereocenters. The number of fused-ring (bicyclic) bond motifs is 2. The SMILES string of the molecule is CC(C)N(C(=O)Cc1c2c(c(O[Si](C(C)C)(C(C)C)C(C)C)c3ncc(Cc4ccc(F)cc4)cc13)C(=O)N(C)C2)C(C)C. The molecule has 2 aromatic carbocycles. The highest BCUT2D eigenvalue weighted by atomic mass is 28.4. The Labute approximate surface area is 264 Å². The zero-order valence-electron chi connectivity index (χ0n) is 28.4. The fourth-order valence-electron chi connectivity index (χ4n) is 7.57. The highest BCUT2D eigenvalue weighted by Gasteiger charge is 2.49. The molecule has 0 spiro atoms. The first-order valence-electron chi connectivity index (χ1n) is 16.1. The van der Waals surface area contributed by atoms with E-state index < -0.39 is 8.32 Å². The number of carbonyl (C=O) groups is 2. The zero-order chi connectivity index (χ0) is 32.7. The van der Waals surface area contributed by atoms with Gasteiger partial charge in [-0.1, -0.05) is 53.7 Å². The highest BCUT2D eigenvalue weighted by molar-refractivity contribution is 6.78. The van der Waals surface area contributed by atoms with E-state index in [0.717, 1.165) is 27.6 Å². The van der Waals surface area contributed by atoms with Crippen LogP contribution in [0.3, 0.4) is 0 Å². The van der Waals surface area contributed by atoms with Crippen LogP contribution in [0.5, 0.6) is 5.75 Å². The van der Waals surface area contributed by atoms with Crippen molar-refractivity contribution in [3.05, 3.63) is 70.2 Å². The molecule has 1 aliphatic heterocycles. The van der Waals surface area contributed by atoms with Gasteiger partial charge in [-0.15, -0.1) is 0 Å². The zero-order valence-corrected chi connectivity index (χ0v) is 29.4. The summed E-state index contributed by atoms with van der Waals surface area (Å²) < 4.78 is 20.9. The monoisotopic (exact) mass is 619 g/mol. The molecule has 1 aromatic heterocycles. The molecule has 0 aliphatic carbocycles. The second-order valence-corrected chi connectivity index (χ2v) is 19.3.